The molecule has 0 aliphatic heterocycles. The highest BCUT2D eigenvalue weighted by Gasteiger charge is 2.11. The summed E-state index contributed by atoms with van der Waals surface area (Å²) in [5.74, 6) is -0.0811. The van der Waals surface area contributed by atoms with Crippen LogP contribution >= 0.6 is 0 Å². The number of hydrogen-bond donors (Lipinski definition) is 1. The fraction of sp³-hybridized carbons (Fsp3) is 0.300. The molecule has 0 aliphatic rings. The molecule has 24 heavy (non-hydrogen) atoms. The summed E-state index contributed by atoms with van der Waals surface area (Å²) >= 11 is 0. The number of rotatable bonds is 6. The first-order chi connectivity index (χ1) is 11.5. The molecule has 0 spiro atoms. The van der Waals surface area contributed by atoms with Crippen LogP contribution < -0.4 is 5.32 Å². The van der Waals surface area contributed by atoms with Gasteiger partial charge in [-0.05, 0) is 44.5 Å². The molecule has 2 rings (SSSR count). The third kappa shape index (κ3) is 4.95. The molecule has 1 N–H and O–H groups in total. The van der Waals surface area contributed by atoms with Gasteiger partial charge >= 0.3 is 0 Å². The van der Waals surface area contributed by atoms with Crippen molar-refractivity contribution >= 4 is 11.8 Å². The second-order valence-corrected chi connectivity index (χ2v) is 6.07. The molecule has 2 amide bonds. The van der Waals surface area contributed by atoms with Crippen LogP contribution in [0.25, 0.3) is 0 Å². The number of amides is 2. The lowest BCUT2D eigenvalue weighted by molar-refractivity contribution is 0.0793. The number of hydrogen-bond acceptors (Lipinski definition) is 2. The minimum absolute atomic E-state index is 0.000129. The van der Waals surface area contributed by atoms with Gasteiger partial charge in [0.1, 0.15) is 0 Å². The third-order valence-electron chi connectivity index (χ3n) is 3.91. The van der Waals surface area contributed by atoms with Crippen LogP contribution in [0.3, 0.4) is 0 Å². The standard InChI is InChI=1S/C20H24N2O2/c1-15-5-9-17(10-6-15)19(23)21-13-4-14-22(3)20(24)18-11-7-16(2)8-12-18/h5-12H,4,13-14H2,1-3H3,(H,21,23). The Morgan fingerprint density at radius 3 is 1.92 bits per heavy atom. The summed E-state index contributed by atoms with van der Waals surface area (Å²) in [6.07, 6.45) is 0.714. The second-order valence-electron chi connectivity index (χ2n) is 6.07. The van der Waals surface area contributed by atoms with Gasteiger partial charge in [0.05, 0.1) is 0 Å². The normalized spacial score (nSPS) is 10.3. The average molecular weight is 324 g/mol. The first-order valence-corrected chi connectivity index (χ1v) is 8.14. The van der Waals surface area contributed by atoms with E-state index in [1.54, 1.807) is 11.9 Å². The van der Waals surface area contributed by atoms with Crippen molar-refractivity contribution in [3.63, 3.8) is 0 Å². The molecule has 0 saturated heterocycles. The molecule has 0 radical (unpaired) electrons. The van der Waals surface area contributed by atoms with Gasteiger partial charge in [-0.15, -0.1) is 0 Å². The zero-order valence-corrected chi connectivity index (χ0v) is 14.5. The van der Waals surface area contributed by atoms with Gasteiger partial charge in [-0.3, -0.25) is 9.59 Å². The molecule has 0 fully saturated rings. The van der Waals surface area contributed by atoms with Crippen LogP contribution in [0.5, 0.6) is 0 Å². The Morgan fingerprint density at radius 2 is 1.38 bits per heavy atom. The van der Waals surface area contributed by atoms with Gasteiger partial charge in [0, 0.05) is 31.3 Å². The van der Waals surface area contributed by atoms with Gasteiger partial charge in [-0.25, -0.2) is 0 Å². The Labute approximate surface area is 143 Å². The van der Waals surface area contributed by atoms with E-state index in [9.17, 15) is 9.59 Å². The number of nitrogens with zero attached hydrogens (tertiary/aromatic N) is 1. The van der Waals surface area contributed by atoms with E-state index in [4.69, 9.17) is 0 Å². The van der Waals surface area contributed by atoms with Crippen molar-refractivity contribution < 1.29 is 9.59 Å². The molecular formula is C20H24N2O2. The zero-order valence-electron chi connectivity index (χ0n) is 14.5. The average Bonchev–Trinajstić information content (AvgIpc) is 2.59. The number of benzene rings is 2. The lowest BCUT2D eigenvalue weighted by atomic mass is 10.1. The first kappa shape index (κ1) is 17.7. The number of nitrogens with one attached hydrogen (secondary N) is 1. The molecule has 4 heteroatoms. The highest BCUT2D eigenvalue weighted by atomic mass is 16.2. The van der Waals surface area contributed by atoms with Gasteiger partial charge in [-0.1, -0.05) is 35.4 Å². The summed E-state index contributed by atoms with van der Waals surface area (Å²) in [5, 5.41) is 2.88. The van der Waals surface area contributed by atoms with E-state index >= 15 is 0 Å². The summed E-state index contributed by atoms with van der Waals surface area (Å²) < 4.78 is 0. The molecule has 126 valence electrons. The number of carbonyl (C=O) groups is 2. The highest BCUT2D eigenvalue weighted by molar-refractivity contribution is 5.94. The Kier molecular flexibility index (Phi) is 6.13. The topological polar surface area (TPSA) is 49.4 Å². The van der Waals surface area contributed by atoms with E-state index in [-0.39, 0.29) is 11.8 Å². The Hall–Kier alpha value is -2.62. The third-order valence-corrected chi connectivity index (χ3v) is 3.91. The van der Waals surface area contributed by atoms with Crippen molar-refractivity contribution in [3.05, 3.63) is 70.8 Å². The molecule has 0 bridgehead atoms. The number of aryl methyl sites for hydroxylation is 2. The van der Waals surface area contributed by atoms with Gasteiger partial charge < -0.3 is 10.2 Å². The van der Waals surface area contributed by atoms with Crippen LogP contribution in [0.15, 0.2) is 48.5 Å². The Balaban J connectivity index is 1.75. The second kappa shape index (κ2) is 8.29. The Bertz CT molecular complexity index is 691. The minimum Gasteiger partial charge on any atom is -0.352 e. The van der Waals surface area contributed by atoms with Crippen LogP contribution in [0.2, 0.25) is 0 Å². The largest absolute Gasteiger partial charge is 0.352 e. The fourth-order valence-electron chi connectivity index (χ4n) is 2.34. The van der Waals surface area contributed by atoms with Crippen molar-refractivity contribution in [1.29, 1.82) is 0 Å². The van der Waals surface area contributed by atoms with Crippen molar-refractivity contribution in [2.75, 3.05) is 20.1 Å². The van der Waals surface area contributed by atoms with Gasteiger partial charge in [0.2, 0.25) is 0 Å². The molecule has 0 saturated carbocycles. The summed E-state index contributed by atoms with van der Waals surface area (Å²) in [6.45, 7) is 5.12. The summed E-state index contributed by atoms with van der Waals surface area (Å²) in [6, 6.07) is 15.0. The van der Waals surface area contributed by atoms with Crippen LogP contribution in [0, 0.1) is 13.8 Å². The fourth-order valence-corrected chi connectivity index (χ4v) is 2.34. The molecule has 0 atom stereocenters. The summed E-state index contributed by atoms with van der Waals surface area (Å²) in [4.78, 5) is 26.0. The lowest BCUT2D eigenvalue weighted by Gasteiger charge is -2.17. The van der Waals surface area contributed by atoms with Crippen molar-refractivity contribution in [3.8, 4) is 0 Å². The van der Waals surface area contributed by atoms with Crippen LogP contribution in [-0.4, -0.2) is 36.9 Å². The van der Waals surface area contributed by atoms with E-state index < -0.39 is 0 Å². The Morgan fingerprint density at radius 1 is 0.875 bits per heavy atom. The summed E-state index contributed by atoms with van der Waals surface area (Å²) in [5.41, 5.74) is 3.60. The molecule has 0 heterocycles. The quantitative estimate of drug-likeness (QED) is 0.830. The maximum Gasteiger partial charge on any atom is 0.253 e. The van der Waals surface area contributed by atoms with Gasteiger partial charge in [0.25, 0.3) is 11.8 Å². The molecule has 0 aromatic heterocycles. The minimum atomic E-state index is -0.0810. The first-order valence-electron chi connectivity index (χ1n) is 8.14. The van der Waals surface area contributed by atoms with Crippen LogP contribution in [0.4, 0.5) is 0 Å². The van der Waals surface area contributed by atoms with Crippen molar-refractivity contribution in [1.82, 2.24) is 10.2 Å². The summed E-state index contributed by atoms with van der Waals surface area (Å²) in [7, 11) is 1.78. The van der Waals surface area contributed by atoms with E-state index in [1.807, 2.05) is 62.4 Å². The van der Waals surface area contributed by atoms with Crippen LogP contribution in [-0.2, 0) is 0 Å². The van der Waals surface area contributed by atoms with Crippen LogP contribution in [0.1, 0.15) is 38.3 Å². The van der Waals surface area contributed by atoms with E-state index in [0.717, 1.165) is 11.1 Å². The van der Waals surface area contributed by atoms with Crippen molar-refractivity contribution in [2.24, 2.45) is 0 Å². The van der Waals surface area contributed by atoms with Gasteiger partial charge in [-0.2, -0.15) is 0 Å². The molecule has 2 aromatic rings. The zero-order chi connectivity index (χ0) is 17.5. The monoisotopic (exact) mass is 324 g/mol. The maximum atomic E-state index is 12.3. The van der Waals surface area contributed by atoms with E-state index in [1.165, 1.54) is 0 Å². The predicted octanol–water partition coefficient (Wildman–Crippen LogP) is 3.20. The number of carbonyl (C=O) groups excluding carboxylic acids is 2. The van der Waals surface area contributed by atoms with Gasteiger partial charge in [0.15, 0.2) is 0 Å². The predicted molar refractivity (Wildman–Crippen MR) is 96.3 cm³/mol. The molecule has 0 unspecified atom stereocenters. The molecule has 2 aromatic carbocycles. The smallest absolute Gasteiger partial charge is 0.253 e. The van der Waals surface area contributed by atoms with E-state index in [0.29, 0.717) is 30.6 Å². The lowest BCUT2D eigenvalue weighted by Crippen LogP contribution is -2.31. The maximum absolute atomic E-state index is 12.3. The van der Waals surface area contributed by atoms with Crippen molar-refractivity contribution in [2.45, 2.75) is 20.3 Å². The molecule has 4 nitrogen and oxygen atoms in total. The molecular weight excluding hydrogens is 300 g/mol. The highest BCUT2D eigenvalue weighted by Crippen LogP contribution is 2.06. The molecule has 0 aliphatic carbocycles. The van der Waals surface area contributed by atoms with E-state index in [2.05, 4.69) is 5.32 Å². The SMILES string of the molecule is Cc1ccc(C(=O)NCCCN(C)C(=O)c2ccc(C)cc2)cc1.